The first-order chi connectivity index (χ1) is 13.9. The number of sulfonamides is 1. The van der Waals surface area contributed by atoms with Crippen LogP contribution in [0, 0.1) is 0 Å². The molecule has 156 valence electrons. The standard InChI is InChI=1S/C22H28N2O4S/c1-3-16-15-18(13-14-21(16)28-2)29(26,27)24-20-12-8-7-11-19(20)22(25)23-17-9-5-4-6-10-17/h7-8,11-15,17,24H,3-6,9-10H2,1-2H3,(H,23,25). The fourth-order valence-corrected chi connectivity index (χ4v) is 4.81. The molecule has 0 aromatic heterocycles. The molecule has 0 heterocycles. The fraction of sp³-hybridized carbons (Fsp3) is 0.409. The zero-order valence-electron chi connectivity index (χ0n) is 16.9. The monoisotopic (exact) mass is 416 g/mol. The summed E-state index contributed by atoms with van der Waals surface area (Å²) >= 11 is 0. The van der Waals surface area contributed by atoms with E-state index in [2.05, 4.69) is 10.0 Å². The molecule has 1 aliphatic carbocycles. The van der Waals surface area contributed by atoms with Crippen molar-refractivity contribution in [2.45, 2.75) is 56.4 Å². The van der Waals surface area contributed by atoms with Crippen molar-refractivity contribution in [1.82, 2.24) is 5.32 Å². The second-order valence-electron chi connectivity index (χ2n) is 7.29. The normalized spacial score (nSPS) is 15.0. The summed E-state index contributed by atoms with van der Waals surface area (Å²) in [6.45, 7) is 1.94. The van der Waals surface area contributed by atoms with Crippen LogP contribution in [-0.4, -0.2) is 27.5 Å². The van der Waals surface area contributed by atoms with Crippen LogP contribution in [0.1, 0.15) is 54.9 Å². The van der Waals surface area contributed by atoms with Gasteiger partial charge in [0.05, 0.1) is 23.3 Å². The van der Waals surface area contributed by atoms with Crippen LogP contribution in [0.4, 0.5) is 5.69 Å². The third-order valence-corrected chi connectivity index (χ3v) is 6.66. The minimum Gasteiger partial charge on any atom is -0.496 e. The second-order valence-corrected chi connectivity index (χ2v) is 8.97. The summed E-state index contributed by atoms with van der Waals surface area (Å²) in [5, 5.41) is 3.04. The van der Waals surface area contributed by atoms with Gasteiger partial charge < -0.3 is 10.1 Å². The Hall–Kier alpha value is -2.54. The third kappa shape index (κ3) is 5.09. The summed E-state index contributed by atoms with van der Waals surface area (Å²) in [7, 11) is -2.29. The lowest BCUT2D eigenvalue weighted by Crippen LogP contribution is -2.36. The summed E-state index contributed by atoms with van der Waals surface area (Å²) < 4.78 is 33.8. The maximum atomic E-state index is 13.0. The van der Waals surface area contributed by atoms with Crippen molar-refractivity contribution >= 4 is 21.6 Å². The number of carbonyl (C=O) groups excluding carboxylic acids is 1. The van der Waals surface area contributed by atoms with Crippen LogP contribution >= 0.6 is 0 Å². The molecule has 1 amide bonds. The number of aryl methyl sites for hydroxylation is 1. The van der Waals surface area contributed by atoms with Gasteiger partial charge in [0.15, 0.2) is 0 Å². The Morgan fingerprint density at radius 3 is 2.52 bits per heavy atom. The van der Waals surface area contributed by atoms with Gasteiger partial charge in [-0.1, -0.05) is 38.3 Å². The minimum atomic E-state index is -3.85. The molecule has 2 aromatic carbocycles. The van der Waals surface area contributed by atoms with Crippen molar-refractivity contribution in [2.24, 2.45) is 0 Å². The number of carbonyl (C=O) groups is 1. The molecule has 2 N–H and O–H groups in total. The maximum Gasteiger partial charge on any atom is 0.261 e. The molecule has 0 bridgehead atoms. The van der Waals surface area contributed by atoms with Gasteiger partial charge in [-0.15, -0.1) is 0 Å². The molecule has 6 nitrogen and oxygen atoms in total. The molecule has 0 saturated heterocycles. The van der Waals surface area contributed by atoms with Crippen molar-refractivity contribution in [1.29, 1.82) is 0 Å². The molecule has 29 heavy (non-hydrogen) atoms. The van der Waals surface area contributed by atoms with Crippen molar-refractivity contribution in [3.8, 4) is 5.75 Å². The molecule has 3 rings (SSSR count). The molecular formula is C22H28N2O4S. The second kappa shape index (κ2) is 9.31. The molecule has 2 aromatic rings. The number of nitrogens with one attached hydrogen (secondary N) is 2. The fourth-order valence-electron chi connectivity index (χ4n) is 3.68. The summed E-state index contributed by atoms with van der Waals surface area (Å²) in [5.41, 5.74) is 1.40. The van der Waals surface area contributed by atoms with E-state index in [0.29, 0.717) is 17.7 Å². The number of hydrogen-bond acceptors (Lipinski definition) is 4. The Morgan fingerprint density at radius 1 is 1.10 bits per heavy atom. The van der Waals surface area contributed by atoms with E-state index in [4.69, 9.17) is 4.74 Å². The SMILES string of the molecule is CCc1cc(S(=O)(=O)Nc2ccccc2C(=O)NC2CCCCC2)ccc1OC. The molecule has 1 fully saturated rings. The molecule has 0 atom stereocenters. The molecular weight excluding hydrogens is 388 g/mol. The highest BCUT2D eigenvalue weighted by Gasteiger charge is 2.22. The Morgan fingerprint density at radius 2 is 1.83 bits per heavy atom. The summed E-state index contributed by atoms with van der Waals surface area (Å²) in [6, 6.07) is 11.6. The predicted octanol–water partition coefficient (Wildman–Crippen LogP) is 4.12. The van der Waals surface area contributed by atoms with Crippen LogP contribution < -0.4 is 14.8 Å². The molecule has 0 spiro atoms. The molecule has 1 aliphatic rings. The lowest BCUT2D eigenvalue weighted by molar-refractivity contribution is 0.0928. The quantitative estimate of drug-likeness (QED) is 0.711. The lowest BCUT2D eigenvalue weighted by Gasteiger charge is -2.23. The van der Waals surface area contributed by atoms with Gasteiger partial charge in [0.2, 0.25) is 0 Å². The minimum absolute atomic E-state index is 0.137. The average Bonchev–Trinajstić information content (AvgIpc) is 2.74. The van der Waals surface area contributed by atoms with E-state index in [1.165, 1.54) is 12.5 Å². The number of anilines is 1. The van der Waals surface area contributed by atoms with Gasteiger partial charge in [0.25, 0.3) is 15.9 Å². The topological polar surface area (TPSA) is 84.5 Å². The number of ether oxygens (including phenoxy) is 1. The predicted molar refractivity (Wildman–Crippen MR) is 114 cm³/mol. The molecule has 7 heteroatoms. The Balaban J connectivity index is 1.83. The van der Waals surface area contributed by atoms with Gasteiger partial charge in [0, 0.05) is 6.04 Å². The van der Waals surface area contributed by atoms with Gasteiger partial charge in [-0.2, -0.15) is 0 Å². The number of para-hydroxylation sites is 1. The van der Waals surface area contributed by atoms with Crippen molar-refractivity contribution < 1.29 is 17.9 Å². The van der Waals surface area contributed by atoms with Gasteiger partial charge >= 0.3 is 0 Å². The van der Waals surface area contributed by atoms with Crippen LogP contribution in [0.3, 0.4) is 0 Å². The van der Waals surface area contributed by atoms with E-state index in [1.807, 2.05) is 6.92 Å². The van der Waals surface area contributed by atoms with Crippen molar-refractivity contribution in [3.05, 3.63) is 53.6 Å². The van der Waals surface area contributed by atoms with Gasteiger partial charge in [-0.05, 0) is 55.2 Å². The van der Waals surface area contributed by atoms with E-state index in [1.54, 1.807) is 43.5 Å². The average molecular weight is 417 g/mol. The summed E-state index contributed by atoms with van der Waals surface area (Å²) in [4.78, 5) is 12.9. The van der Waals surface area contributed by atoms with E-state index in [-0.39, 0.29) is 22.5 Å². The Kier molecular flexibility index (Phi) is 6.79. The van der Waals surface area contributed by atoms with E-state index in [0.717, 1.165) is 31.2 Å². The van der Waals surface area contributed by atoms with Crippen LogP contribution in [0.15, 0.2) is 47.4 Å². The number of amides is 1. The van der Waals surface area contributed by atoms with Crippen LogP contribution in [0.2, 0.25) is 0 Å². The first-order valence-corrected chi connectivity index (χ1v) is 11.5. The number of hydrogen-bond donors (Lipinski definition) is 2. The van der Waals surface area contributed by atoms with E-state index >= 15 is 0 Å². The van der Waals surface area contributed by atoms with Gasteiger partial charge in [-0.25, -0.2) is 8.42 Å². The number of methoxy groups -OCH3 is 1. The highest BCUT2D eigenvalue weighted by atomic mass is 32.2. The van der Waals surface area contributed by atoms with Gasteiger partial charge in [0.1, 0.15) is 5.75 Å². The third-order valence-electron chi connectivity index (χ3n) is 5.30. The lowest BCUT2D eigenvalue weighted by atomic mass is 9.95. The van der Waals surface area contributed by atoms with Crippen molar-refractivity contribution in [2.75, 3.05) is 11.8 Å². The zero-order valence-corrected chi connectivity index (χ0v) is 17.7. The van der Waals surface area contributed by atoms with Crippen LogP contribution in [0.25, 0.3) is 0 Å². The summed E-state index contributed by atoms with van der Waals surface area (Å²) in [5.74, 6) is 0.401. The largest absolute Gasteiger partial charge is 0.496 e. The smallest absolute Gasteiger partial charge is 0.261 e. The number of benzene rings is 2. The maximum absolute atomic E-state index is 13.0. The zero-order chi connectivity index (χ0) is 20.9. The van der Waals surface area contributed by atoms with Crippen LogP contribution in [0.5, 0.6) is 5.75 Å². The molecule has 0 aliphatic heterocycles. The first-order valence-electron chi connectivity index (χ1n) is 10.0. The molecule has 0 unspecified atom stereocenters. The first kappa shape index (κ1) is 21.2. The number of rotatable bonds is 7. The summed E-state index contributed by atoms with van der Waals surface area (Å²) in [6.07, 6.45) is 5.99. The Bertz CT molecular complexity index is 967. The molecule has 0 radical (unpaired) electrons. The van der Waals surface area contributed by atoms with E-state index < -0.39 is 10.0 Å². The van der Waals surface area contributed by atoms with Crippen LogP contribution in [-0.2, 0) is 16.4 Å². The highest BCUT2D eigenvalue weighted by molar-refractivity contribution is 7.92. The molecule has 1 saturated carbocycles. The van der Waals surface area contributed by atoms with Crippen molar-refractivity contribution in [3.63, 3.8) is 0 Å². The highest BCUT2D eigenvalue weighted by Crippen LogP contribution is 2.26. The van der Waals surface area contributed by atoms with E-state index in [9.17, 15) is 13.2 Å². The Labute approximate surface area is 172 Å². The van der Waals surface area contributed by atoms with Gasteiger partial charge in [-0.3, -0.25) is 9.52 Å².